The summed E-state index contributed by atoms with van der Waals surface area (Å²) in [6, 6.07) is 21.9. The van der Waals surface area contributed by atoms with E-state index in [0.717, 1.165) is 57.4 Å². The number of likely N-dealkylation sites (tertiary alicyclic amines) is 2. The molecule has 2 fully saturated rings. The molecule has 66 heavy (non-hydrogen) atoms. The summed E-state index contributed by atoms with van der Waals surface area (Å²) < 4.78 is 33.7. The number of hydrogen-bond donors (Lipinski definition) is 4. The molecular formula is C49H54FN9O7. The van der Waals surface area contributed by atoms with Crippen molar-refractivity contribution in [2.24, 2.45) is 11.8 Å². The van der Waals surface area contributed by atoms with E-state index in [9.17, 15) is 19.2 Å². The lowest BCUT2D eigenvalue weighted by atomic mass is 10.0. The van der Waals surface area contributed by atoms with Crippen LogP contribution in [-0.4, -0.2) is 104 Å². The average Bonchev–Trinajstić information content (AvgIpc) is 4.18. The number of nitrogens with one attached hydrogen (secondary N) is 4. The molecule has 0 spiro atoms. The molecule has 3 aromatic carbocycles. The van der Waals surface area contributed by atoms with Crippen molar-refractivity contribution in [3.63, 3.8) is 0 Å². The van der Waals surface area contributed by atoms with Crippen LogP contribution in [0.3, 0.4) is 0 Å². The highest BCUT2D eigenvalue weighted by Crippen LogP contribution is 2.46. The molecular weight excluding hydrogens is 846 g/mol. The Morgan fingerprint density at radius 2 is 1.38 bits per heavy atom. The fraction of sp³-hybridized carbons (Fsp3) is 0.388. The van der Waals surface area contributed by atoms with Crippen molar-refractivity contribution < 1.29 is 37.8 Å². The van der Waals surface area contributed by atoms with Crippen LogP contribution in [0.5, 0.6) is 5.75 Å². The summed E-state index contributed by atoms with van der Waals surface area (Å²) in [5, 5.41) is 6.28. The van der Waals surface area contributed by atoms with Crippen molar-refractivity contribution in [2.45, 2.75) is 83.5 Å². The summed E-state index contributed by atoms with van der Waals surface area (Å²) in [5.41, 5.74) is 7.01. The maximum atomic E-state index is 15.0. The molecule has 2 saturated heterocycles. The number of benzene rings is 3. The smallest absolute Gasteiger partial charge is 0.407 e. The predicted octanol–water partition coefficient (Wildman–Crippen LogP) is 8.06. The Bertz CT molecular complexity index is 2780. The largest absolute Gasteiger partial charge is 0.465 e. The highest BCUT2D eigenvalue weighted by molar-refractivity contribution is 5.93. The number of alkyl carbamates (subject to hydrolysis) is 2. The van der Waals surface area contributed by atoms with Crippen LogP contribution in [0.1, 0.15) is 82.5 Å². The van der Waals surface area contributed by atoms with E-state index in [1.807, 2.05) is 82.3 Å². The van der Waals surface area contributed by atoms with Crippen molar-refractivity contribution in [1.29, 1.82) is 0 Å². The zero-order chi connectivity index (χ0) is 46.4. The number of aromatic nitrogens is 5. The normalized spacial score (nSPS) is 19.9. The van der Waals surface area contributed by atoms with Gasteiger partial charge in [-0.05, 0) is 55.0 Å². The number of hydrogen-bond acceptors (Lipinski definition) is 9. The molecule has 0 bridgehead atoms. The zero-order valence-corrected chi connectivity index (χ0v) is 37.7. The van der Waals surface area contributed by atoms with Gasteiger partial charge >= 0.3 is 12.2 Å². The number of methoxy groups -OCH3 is 2. The molecule has 16 nitrogen and oxygen atoms in total. The molecule has 17 heteroatoms. The van der Waals surface area contributed by atoms with Gasteiger partial charge in [0.05, 0.1) is 67.8 Å². The van der Waals surface area contributed by atoms with Crippen LogP contribution in [0, 0.1) is 11.8 Å². The predicted molar refractivity (Wildman–Crippen MR) is 244 cm³/mol. The summed E-state index contributed by atoms with van der Waals surface area (Å²) in [5.74, 6) is 0.859. The standard InChI is InChI=1S/C49H54FN9O7/c1-26(2)41(55-48(62)64-5)45(60)57-18-10-13-37(57)43-51-24-35(53-43)30-14-16-33-38-20-31-19-29(15-17-36(31)59(38)47(66-40(33)21-30)28-11-8-7-9-12-28)34-23-52-44(54-34)39-22-32(50)25-58(39)46(61)42(27(3)4)56-49(63)65-6/h7-9,11-12,14-17,19-21,23-24,26-27,32,37,39,41-42,47H,10,13,18,22,25H2,1-6H3,(H,51,53)(H,52,54)(H,55,62)(H,56,63). The Labute approximate surface area is 381 Å². The van der Waals surface area contributed by atoms with Gasteiger partial charge in [0.1, 0.15) is 35.7 Å². The molecule has 6 atom stereocenters. The zero-order valence-electron chi connectivity index (χ0n) is 37.7. The Morgan fingerprint density at radius 1 is 0.773 bits per heavy atom. The number of carbonyl (C=O) groups is 4. The minimum atomic E-state index is -1.25. The molecule has 0 radical (unpaired) electrons. The lowest BCUT2D eigenvalue weighted by molar-refractivity contribution is -0.136. The third-order valence-corrected chi connectivity index (χ3v) is 13.0. The highest BCUT2D eigenvalue weighted by Gasteiger charge is 2.42. The van der Waals surface area contributed by atoms with Gasteiger partial charge in [-0.1, -0.05) is 70.2 Å². The number of H-pyrrole nitrogens is 2. The van der Waals surface area contributed by atoms with Crippen molar-refractivity contribution in [3.05, 3.63) is 102 Å². The van der Waals surface area contributed by atoms with Crippen molar-refractivity contribution in [2.75, 3.05) is 27.3 Å². The first-order chi connectivity index (χ1) is 31.8. The molecule has 3 aliphatic rings. The van der Waals surface area contributed by atoms with Crippen LogP contribution in [0.4, 0.5) is 14.0 Å². The number of halogens is 1. The molecule has 6 unspecified atom stereocenters. The molecule has 6 heterocycles. The highest BCUT2D eigenvalue weighted by atomic mass is 19.1. The number of nitrogens with zero attached hydrogens (tertiary/aromatic N) is 5. The Hall–Kier alpha value is -7.17. The quantitative estimate of drug-likeness (QED) is 0.0997. The minimum Gasteiger partial charge on any atom is -0.465 e. The van der Waals surface area contributed by atoms with Crippen molar-refractivity contribution >= 4 is 34.9 Å². The molecule has 9 rings (SSSR count). The van der Waals surface area contributed by atoms with Gasteiger partial charge in [-0.15, -0.1) is 0 Å². The van der Waals surface area contributed by atoms with E-state index < -0.39 is 48.6 Å². The lowest BCUT2D eigenvalue weighted by Gasteiger charge is -2.30. The molecule has 4 N–H and O–H groups in total. The molecule has 3 aliphatic heterocycles. The summed E-state index contributed by atoms with van der Waals surface area (Å²) >= 11 is 0. The van der Waals surface area contributed by atoms with Gasteiger partial charge in [0.2, 0.25) is 18.0 Å². The maximum absolute atomic E-state index is 15.0. The number of aromatic amines is 2. The van der Waals surface area contributed by atoms with Crippen LogP contribution in [0.15, 0.2) is 85.2 Å². The SMILES string of the molecule is COC(=O)NC(C(=O)N1CCCC1c1ncc(-c2ccc3c(c2)OC(c2ccccc2)n2c-3cc3cc(-c4cnc(C5CC(F)CN5C(=O)C(NC(=O)OC)C(C)C)[nH]4)ccc32)[nH]1)C(C)C. The molecule has 0 saturated carbocycles. The van der Waals surface area contributed by atoms with E-state index in [1.165, 1.54) is 19.1 Å². The number of fused-ring (bicyclic) bond motifs is 5. The van der Waals surface area contributed by atoms with Crippen LogP contribution in [0.2, 0.25) is 0 Å². The van der Waals surface area contributed by atoms with E-state index in [4.69, 9.17) is 19.2 Å². The summed E-state index contributed by atoms with van der Waals surface area (Å²) in [4.78, 5) is 71.2. The second kappa shape index (κ2) is 18.0. The Kier molecular flexibility index (Phi) is 12.0. The van der Waals surface area contributed by atoms with Crippen LogP contribution in [-0.2, 0) is 19.1 Å². The summed E-state index contributed by atoms with van der Waals surface area (Å²) in [6.45, 7) is 7.85. The Balaban J connectivity index is 1.01. The number of amides is 4. The fourth-order valence-corrected chi connectivity index (χ4v) is 9.53. The molecule has 344 valence electrons. The number of imidazole rings is 2. The lowest BCUT2D eigenvalue weighted by Crippen LogP contribution is -2.51. The first-order valence-corrected chi connectivity index (χ1v) is 22.4. The third-order valence-electron chi connectivity index (χ3n) is 13.0. The van der Waals surface area contributed by atoms with Crippen molar-refractivity contribution in [3.8, 4) is 39.5 Å². The van der Waals surface area contributed by atoms with Gasteiger partial charge in [0, 0.05) is 40.6 Å². The monoisotopic (exact) mass is 899 g/mol. The molecule has 4 amide bonds. The third kappa shape index (κ3) is 8.22. The molecule has 6 aromatic rings. The Morgan fingerprint density at radius 3 is 2.02 bits per heavy atom. The minimum absolute atomic E-state index is 0.0765. The van der Waals surface area contributed by atoms with E-state index in [0.29, 0.717) is 29.6 Å². The topological polar surface area (TPSA) is 189 Å². The second-order valence-electron chi connectivity index (χ2n) is 17.9. The number of rotatable bonds is 11. The van der Waals surface area contributed by atoms with Gasteiger partial charge in [-0.3, -0.25) is 9.59 Å². The number of alkyl halides is 1. The second-order valence-corrected chi connectivity index (χ2v) is 17.9. The van der Waals surface area contributed by atoms with Gasteiger partial charge < -0.3 is 49.2 Å². The van der Waals surface area contributed by atoms with E-state index in [-0.39, 0.29) is 36.8 Å². The first-order valence-electron chi connectivity index (χ1n) is 22.4. The van der Waals surface area contributed by atoms with Crippen LogP contribution < -0.4 is 15.4 Å². The van der Waals surface area contributed by atoms with Crippen LogP contribution >= 0.6 is 0 Å². The van der Waals surface area contributed by atoms with Gasteiger partial charge in [-0.25, -0.2) is 23.9 Å². The number of carbonyl (C=O) groups excluding carboxylic acids is 4. The first kappa shape index (κ1) is 44.1. The maximum Gasteiger partial charge on any atom is 0.407 e. The van der Waals surface area contributed by atoms with E-state index >= 15 is 4.39 Å². The van der Waals surface area contributed by atoms with Gasteiger partial charge in [0.15, 0.2) is 0 Å². The van der Waals surface area contributed by atoms with Crippen LogP contribution in [0.25, 0.3) is 44.7 Å². The summed E-state index contributed by atoms with van der Waals surface area (Å²) in [6.07, 6.45) is 1.99. The molecule has 3 aromatic heterocycles. The number of ether oxygens (including phenoxy) is 3. The van der Waals surface area contributed by atoms with Gasteiger partial charge in [-0.2, -0.15) is 0 Å². The van der Waals surface area contributed by atoms with E-state index in [2.05, 4.69) is 48.4 Å². The molecule has 0 aliphatic carbocycles. The fourth-order valence-electron chi connectivity index (χ4n) is 9.53. The average molecular weight is 900 g/mol. The van der Waals surface area contributed by atoms with Gasteiger partial charge in [0.25, 0.3) is 0 Å². The van der Waals surface area contributed by atoms with E-state index in [1.54, 1.807) is 17.3 Å². The van der Waals surface area contributed by atoms with Crippen molar-refractivity contribution in [1.82, 2.24) is 44.9 Å². The summed E-state index contributed by atoms with van der Waals surface area (Å²) in [7, 11) is 2.52.